The van der Waals surface area contributed by atoms with Crippen LogP contribution in [0.2, 0.25) is 1.41 Å². The van der Waals surface area contributed by atoms with Gasteiger partial charge in [-0.15, -0.1) is 0 Å². The van der Waals surface area contributed by atoms with E-state index in [2.05, 4.69) is 5.32 Å². The summed E-state index contributed by atoms with van der Waals surface area (Å²) in [7, 11) is 0. The zero-order valence-electron chi connectivity index (χ0n) is 11.8. The molecule has 108 valence electrons. The third-order valence-corrected chi connectivity index (χ3v) is 2.49. The molecule has 0 saturated heterocycles. The van der Waals surface area contributed by atoms with Gasteiger partial charge in [0, 0.05) is 6.42 Å². The standard InChI is InChI=1S/C13H17N3O4/c14-7-11(17)15-8-12(18)16-10(13(19)20)6-9-4-2-1-3-5-9/h1-5,10H,6-8,14H2,(H,15,17)(H,16,18)(H,19,20)/t10-/m0/s1/i/hD. The molecule has 0 bridgehead atoms. The van der Waals surface area contributed by atoms with Crippen molar-refractivity contribution in [3.8, 4) is 0 Å². The second kappa shape index (κ2) is 7.90. The maximum atomic E-state index is 11.6. The summed E-state index contributed by atoms with van der Waals surface area (Å²) in [6.07, 6.45) is 0.116. The van der Waals surface area contributed by atoms with E-state index in [0.717, 1.165) is 5.56 Å². The lowest BCUT2D eigenvalue weighted by Gasteiger charge is -2.14. The van der Waals surface area contributed by atoms with Crippen LogP contribution < -0.4 is 16.4 Å². The van der Waals surface area contributed by atoms with Crippen LogP contribution in [0.4, 0.5) is 0 Å². The van der Waals surface area contributed by atoms with Crippen LogP contribution in [0, 0.1) is 0 Å². The van der Waals surface area contributed by atoms with Gasteiger partial charge in [-0.1, -0.05) is 30.3 Å². The molecular formula is C13H17N3O4. The first-order chi connectivity index (χ1) is 9.93. The quantitative estimate of drug-likeness (QED) is 0.503. The maximum Gasteiger partial charge on any atom is 0.326 e. The number of hydrogen-bond acceptors (Lipinski definition) is 4. The smallest absolute Gasteiger partial charge is 0.326 e. The number of benzene rings is 1. The molecule has 20 heavy (non-hydrogen) atoms. The largest absolute Gasteiger partial charge is 0.480 e. The van der Waals surface area contributed by atoms with Gasteiger partial charge in [-0.2, -0.15) is 0 Å². The van der Waals surface area contributed by atoms with Crippen molar-refractivity contribution in [3.63, 3.8) is 0 Å². The Labute approximate surface area is 117 Å². The number of nitrogens with one attached hydrogen (secondary N) is 2. The Balaban J connectivity index is 2.60. The van der Waals surface area contributed by atoms with Crippen LogP contribution in [0.15, 0.2) is 30.3 Å². The lowest BCUT2D eigenvalue weighted by Crippen LogP contribution is -2.47. The van der Waals surface area contributed by atoms with Gasteiger partial charge < -0.3 is 21.5 Å². The highest BCUT2D eigenvalue weighted by Gasteiger charge is 2.20. The molecule has 0 aliphatic carbocycles. The molecule has 5 N–H and O–H groups in total. The average molecular weight is 280 g/mol. The van der Waals surface area contributed by atoms with Crippen LogP contribution in [0.25, 0.3) is 0 Å². The number of carboxylic acids is 1. The van der Waals surface area contributed by atoms with Crippen LogP contribution in [-0.4, -0.2) is 42.0 Å². The van der Waals surface area contributed by atoms with E-state index in [1.807, 2.05) is 0 Å². The van der Waals surface area contributed by atoms with Gasteiger partial charge in [0.05, 0.1) is 13.1 Å². The first kappa shape index (κ1) is 14.0. The summed E-state index contributed by atoms with van der Waals surface area (Å²) in [5.74, 6) is -2.64. The Bertz CT molecular complexity index is 509. The Hall–Kier alpha value is -2.41. The highest BCUT2D eigenvalue weighted by atomic mass is 16.4. The highest BCUT2D eigenvalue weighted by molar-refractivity contribution is 5.88. The van der Waals surface area contributed by atoms with E-state index < -0.39 is 30.4 Å². The van der Waals surface area contributed by atoms with Crippen LogP contribution >= 0.6 is 0 Å². The minimum absolute atomic E-state index is 0.116. The number of nitrogens with two attached hydrogens (primary N) is 1. The van der Waals surface area contributed by atoms with Gasteiger partial charge >= 0.3 is 5.97 Å². The molecule has 1 rings (SSSR count). The van der Waals surface area contributed by atoms with Gasteiger partial charge in [-0.25, -0.2) is 4.79 Å². The van der Waals surface area contributed by atoms with E-state index >= 15 is 0 Å². The van der Waals surface area contributed by atoms with E-state index in [0.29, 0.717) is 5.31 Å². The molecule has 0 aliphatic heterocycles. The zero-order chi connectivity index (χ0) is 15.8. The molecule has 0 unspecified atom stereocenters. The number of amides is 2. The Morgan fingerprint density at radius 1 is 1.25 bits per heavy atom. The summed E-state index contributed by atoms with van der Waals surface area (Å²) in [6.45, 7) is -0.947. The summed E-state index contributed by atoms with van der Waals surface area (Å²) in [6, 6.07) is 7.70. The van der Waals surface area contributed by atoms with Gasteiger partial charge in [-0.05, 0) is 5.56 Å². The van der Waals surface area contributed by atoms with Gasteiger partial charge in [0.2, 0.25) is 11.8 Å². The average Bonchev–Trinajstić information content (AvgIpc) is 2.46. The molecule has 0 fully saturated rings. The number of carboxylic acid groups (broad SMARTS) is 1. The molecule has 0 radical (unpaired) electrons. The van der Waals surface area contributed by atoms with E-state index in [9.17, 15) is 14.4 Å². The van der Waals surface area contributed by atoms with Crippen LogP contribution in [0.1, 0.15) is 5.56 Å². The molecule has 1 aromatic carbocycles. The number of carbonyl (C=O) groups is 3. The van der Waals surface area contributed by atoms with Gasteiger partial charge in [0.25, 0.3) is 0 Å². The molecule has 1 aromatic rings. The second-order valence-electron chi connectivity index (χ2n) is 4.06. The first-order valence-electron chi connectivity index (χ1n) is 6.44. The monoisotopic (exact) mass is 280 g/mol. The lowest BCUT2D eigenvalue weighted by atomic mass is 10.1. The summed E-state index contributed by atoms with van der Waals surface area (Å²) in [5.41, 5.74) is 5.82. The molecule has 7 nitrogen and oxygen atoms in total. The van der Waals surface area contributed by atoms with Crippen molar-refractivity contribution < 1.29 is 20.9 Å². The molecule has 1 atom stereocenters. The minimum Gasteiger partial charge on any atom is -0.480 e. The molecule has 7 heteroatoms. The van der Waals surface area contributed by atoms with E-state index in [1.165, 1.54) is 0 Å². The first-order valence-corrected chi connectivity index (χ1v) is 5.99. The van der Waals surface area contributed by atoms with Crippen molar-refractivity contribution in [3.05, 3.63) is 35.9 Å². The number of rotatable bonds is 7. The van der Waals surface area contributed by atoms with Gasteiger partial charge in [-0.3, -0.25) is 9.59 Å². The Morgan fingerprint density at radius 3 is 2.45 bits per heavy atom. The highest BCUT2D eigenvalue weighted by Crippen LogP contribution is 2.03. The van der Waals surface area contributed by atoms with Crippen molar-refractivity contribution in [2.75, 3.05) is 13.1 Å². The van der Waals surface area contributed by atoms with Crippen molar-refractivity contribution in [1.29, 1.82) is 0 Å². The fourth-order valence-corrected chi connectivity index (χ4v) is 1.51. The molecule has 0 heterocycles. The van der Waals surface area contributed by atoms with Crippen LogP contribution in [0.5, 0.6) is 0 Å². The summed E-state index contributed by atoms with van der Waals surface area (Å²) in [4.78, 5) is 33.9. The fourth-order valence-electron chi connectivity index (χ4n) is 1.51. The van der Waals surface area contributed by atoms with Crippen molar-refractivity contribution >= 4 is 17.8 Å². The lowest BCUT2D eigenvalue weighted by molar-refractivity contribution is -0.141. The second-order valence-corrected chi connectivity index (χ2v) is 4.06. The third-order valence-electron chi connectivity index (χ3n) is 2.49. The Morgan fingerprint density at radius 2 is 1.90 bits per heavy atom. The normalized spacial score (nSPS) is 12.2. The fraction of sp³-hybridized carbons (Fsp3) is 0.308. The topological polar surface area (TPSA) is 122 Å². The molecule has 0 aromatic heterocycles. The maximum absolute atomic E-state index is 11.6. The SMILES string of the molecule is [2H]N(CC(=O)N[C@@H](Cc1ccccc1)C(=O)O)C(=O)CN. The molecule has 2 amide bonds. The number of carbonyl (C=O) groups excluding carboxylic acids is 2. The molecular weight excluding hydrogens is 262 g/mol. The predicted molar refractivity (Wildman–Crippen MR) is 71.8 cm³/mol. The zero-order valence-corrected chi connectivity index (χ0v) is 10.8. The van der Waals surface area contributed by atoms with Gasteiger partial charge in [0.15, 0.2) is 1.41 Å². The van der Waals surface area contributed by atoms with E-state index in [-0.39, 0.29) is 13.0 Å². The van der Waals surface area contributed by atoms with Crippen LogP contribution in [-0.2, 0) is 20.8 Å². The van der Waals surface area contributed by atoms with Crippen molar-refractivity contribution in [1.82, 2.24) is 10.6 Å². The Kier molecular flexibility index (Phi) is 5.53. The summed E-state index contributed by atoms with van der Waals surface area (Å²) >= 11 is 0. The number of hydrogen-bond donors (Lipinski definition) is 4. The van der Waals surface area contributed by atoms with E-state index in [1.54, 1.807) is 30.3 Å². The third kappa shape index (κ3) is 5.49. The summed E-state index contributed by atoms with van der Waals surface area (Å²) in [5, 5.41) is 11.8. The van der Waals surface area contributed by atoms with Crippen LogP contribution in [0.3, 0.4) is 0 Å². The van der Waals surface area contributed by atoms with Crippen molar-refractivity contribution in [2.45, 2.75) is 12.5 Å². The summed E-state index contributed by atoms with van der Waals surface area (Å²) < 4.78 is 7.28. The van der Waals surface area contributed by atoms with Gasteiger partial charge in [0.1, 0.15) is 6.04 Å². The number of aliphatic carboxylic acids is 1. The molecule has 0 spiro atoms. The van der Waals surface area contributed by atoms with Crippen molar-refractivity contribution in [2.24, 2.45) is 5.73 Å². The molecule has 0 aliphatic rings. The molecule has 0 saturated carbocycles. The minimum atomic E-state index is -1.19. The van der Waals surface area contributed by atoms with E-state index in [4.69, 9.17) is 12.3 Å². The predicted octanol–water partition coefficient (Wildman–Crippen LogP) is -1.13.